The second-order valence-electron chi connectivity index (χ2n) is 3.08. The molecule has 0 aromatic carbocycles. The molecule has 0 saturated carbocycles. The lowest BCUT2D eigenvalue weighted by Gasteiger charge is -2.19. The molecular formula is C7H12O5S. The molecule has 5 nitrogen and oxygen atoms in total. The summed E-state index contributed by atoms with van der Waals surface area (Å²) in [6.07, 6.45) is 1.10. The van der Waals surface area contributed by atoms with Crippen molar-refractivity contribution in [2.24, 2.45) is 5.92 Å². The Bertz CT molecular complexity index is 275. The van der Waals surface area contributed by atoms with E-state index in [9.17, 15) is 13.2 Å². The molecule has 6 heteroatoms. The largest absolute Gasteiger partial charge is 0.381 e. The van der Waals surface area contributed by atoms with Gasteiger partial charge in [-0.25, -0.2) is 0 Å². The van der Waals surface area contributed by atoms with Gasteiger partial charge in [0.2, 0.25) is 0 Å². The van der Waals surface area contributed by atoms with Crippen LogP contribution in [-0.4, -0.2) is 37.7 Å². The lowest BCUT2D eigenvalue weighted by atomic mass is 9.96. The van der Waals surface area contributed by atoms with Crippen molar-refractivity contribution in [2.75, 3.05) is 19.0 Å². The van der Waals surface area contributed by atoms with E-state index in [1.807, 2.05) is 0 Å². The van der Waals surface area contributed by atoms with Gasteiger partial charge in [-0.05, 0) is 12.8 Å². The van der Waals surface area contributed by atoms with E-state index in [0.717, 1.165) is 0 Å². The fraction of sp³-hybridized carbons (Fsp3) is 0.857. The molecular weight excluding hydrogens is 196 g/mol. The van der Waals surface area contributed by atoms with E-state index in [-0.39, 0.29) is 5.92 Å². The van der Waals surface area contributed by atoms with Gasteiger partial charge in [0.15, 0.2) is 5.78 Å². The van der Waals surface area contributed by atoms with Crippen molar-refractivity contribution < 1.29 is 22.5 Å². The molecule has 0 radical (unpaired) electrons. The molecule has 1 aliphatic rings. The fourth-order valence-electron chi connectivity index (χ4n) is 1.32. The Morgan fingerprint density at radius 2 is 1.92 bits per heavy atom. The number of rotatable bonds is 3. The predicted octanol–water partition coefficient (Wildman–Crippen LogP) is -0.130. The van der Waals surface area contributed by atoms with Gasteiger partial charge in [0, 0.05) is 19.1 Å². The van der Waals surface area contributed by atoms with E-state index >= 15 is 0 Å². The Labute approximate surface area is 76.8 Å². The third-order valence-corrected chi connectivity index (χ3v) is 2.65. The van der Waals surface area contributed by atoms with Crippen LogP contribution in [0.5, 0.6) is 0 Å². The molecule has 13 heavy (non-hydrogen) atoms. The zero-order valence-corrected chi connectivity index (χ0v) is 7.92. The highest BCUT2D eigenvalue weighted by Crippen LogP contribution is 2.16. The molecule has 1 rings (SSSR count). The first-order valence-electron chi connectivity index (χ1n) is 4.04. The van der Waals surface area contributed by atoms with Crippen LogP contribution in [0.3, 0.4) is 0 Å². The van der Waals surface area contributed by atoms with E-state index in [0.29, 0.717) is 26.1 Å². The molecule has 76 valence electrons. The van der Waals surface area contributed by atoms with Crippen LogP contribution in [0, 0.1) is 5.92 Å². The zero-order valence-electron chi connectivity index (χ0n) is 7.10. The van der Waals surface area contributed by atoms with Crippen molar-refractivity contribution in [1.29, 1.82) is 0 Å². The van der Waals surface area contributed by atoms with Gasteiger partial charge in [0.05, 0.1) is 0 Å². The second kappa shape index (κ2) is 4.17. The summed E-state index contributed by atoms with van der Waals surface area (Å²) in [6, 6.07) is 0. The molecule has 0 unspecified atom stereocenters. The number of ether oxygens (including phenoxy) is 1. The number of hydrogen-bond donors (Lipinski definition) is 1. The van der Waals surface area contributed by atoms with Crippen LogP contribution >= 0.6 is 0 Å². The van der Waals surface area contributed by atoms with Crippen LogP contribution in [0.15, 0.2) is 0 Å². The summed E-state index contributed by atoms with van der Waals surface area (Å²) in [6.45, 7) is 0.976. The number of hydrogen-bond acceptors (Lipinski definition) is 4. The minimum atomic E-state index is -4.16. The lowest BCUT2D eigenvalue weighted by Crippen LogP contribution is -2.28. The molecule has 0 aromatic rings. The first-order chi connectivity index (χ1) is 5.99. The summed E-state index contributed by atoms with van der Waals surface area (Å²) in [7, 11) is -4.16. The highest BCUT2D eigenvalue weighted by molar-refractivity contribution is 7.86. The van der Waals surface area contributed by atoms with E-state index in [1.54, 1.807) is 0 Å². The van der Waals surface area contributed by atoms with E-state index in [4.69, 9.17) is 9.29 Å². The van der Waals surface area contributed by atoms with Crippen LogP contribution in [0.1, 0.15) is 12.8 Å². The Balaban J connectivity index is 2.47. The number of carbonyl (C=O) groups is 1. The minimum Gasteiger partial charge on any atom is -0.381 e. The van der Waals surface area contributed by atoms with Crippen molar-refractivity contribution in [3.63, 3.8) is 0 Å². The molecule has 0 amide bonds. The number of Topliss-reactive ketones (excluding diaryl/α,β-unsaturated/α-hetero) is 1. The van der Waals surface area contributed by atoms with E-state index in [1.165, 1.54) is 0 Å². The van der Waals surface area contributed by atoms with Gasteiger partial charge in [-0.2, -0.15) is 8.42 Å². The van der Waals surface area contributed by atoms with Crippen LogP contribution in [0.2, 0.25) is 0 Å². The van der Waals surface area contributed by atoms with Gasteiger partial charge < -0.3 is 4.74 Å². The Kier molecular flexibility index (Phi) is 3.40. The van der Waals surface area contributed by atoms with Gasteiger partial charge >= 0.3 is 0 Å². The third-order valence-electron chi connectivity index (χ3n) is 2.00. The van der Waals surface area contributed by atoms with Crippen molar-refractivity contribution in [3.05, 3.63) is 0 Å². The van der Waals surface area contributed by atoms with Gasteiger partial charge in [-0.3, -0.25) is 9.35 Å². The summed E-state index contributed by atoms with van der Waals surface area (Å²) < 4.78 is 34.2. The topological polar surface area (TPSA) is 80.7 Å². The SMILES string of the molecule is O=C(CS(=O)(=O)O)C1CCOCC1. The van der Waals surface area contributed by atoms with Crippen LogP contribution in [-0.2, 0) is 19.6 Å². The molecule has 1 saturated heterocycles. The molecule has 0 spiro atoms. The average molecular weight is 208 g/mol. The quantitative estimate of drug-likeness (QED) is 0.653. The summed E-state index contributed by atoms with van der Waals surface area (Å²) >= 11 is 0. The maximum Gasteiger partial charge on any atom is 0.272 e. The first-order valence-corrected chi connectivity index (χ1v) is 5.65. The first kappa shape index (κ1) is 10.6. The van der Waals surface area contributed by atoms with Crippen LogP contribution in [0.25, 0.3) is 0 Å². The summed E-state index contributed by atoms with van der Waals surface area (Å²) in [5, 5.41) is 0. The van der Waals surface area contributed by atoms with Crippen LogP contribution < -0.4 is 0 Å². The standard InChI is InChI=1S/C7H12O5S/c8-7(5-13(9,10)11)6-1-3-12-4-2-6/h6H,1-5H2,(H,9,10,11). The molecule has 0 atom stereocenters. The summed E-state index contributed by atoms with van der Waals surface area (Å²) in [5.74, 6) is -1.45. The monoisotopic (exact) mass is 208 g/mol. The molecule has 1 heterocycles. The molecule has 1 aliphatic heterocycles. The van der Waals surface area contributed by atoms with Gasteiger partial charge in [0.1, 0.15) is 5.75 Å². The minimum absolute atomic E-state index is 0.268. The fourth-order valence-corrected chi connectivity index (χ4v) is 1.91. The Hall–Kier alpha value is -0.460. The predicted molar refractivity (Wildman–Crippen MR) is 45.0 cm³/mol. The maximum atomic E-state index is 11.2. The highest BCUT2D eigenvalue weighted by atomic mass is 32.2. The molecule has 0 bridgehead atoms. The third kappa shape index (κ3) is 3.84. The van der Waals surface area contributed by atoms with Crippen molar-refractivity contribution in [2.45, 2.75) is 12.8 Å². The van der Waals surface area contributed by atoms with Gasteiger partial charge in [-0.15, -0.1) is 0 Å². The molecule has 0 aliphatic carbocycles. The Morgan fingerprint density at radius 1 is 1.38 bits per heavy atom. The zero-order chi connectivity index (χ0) is 9.90. The summed E-state index contributed by atoms with van der Waals surface area (Å²) in [4.78, 5) is 11.2. The average Bonchev–Trinajstić information content (AvgIpc) is 2.03. The van der Waals surface area contributed by atoms with Crippen molar-refractivity contribution in [3.8, 4) is 0 Å². The van der Waals surface area contributed by atoms with Gasteiger partial charge in [-0.1, -0.05) is 0 Å². The van der Waals surface area contributed by atoms with Crippen molar-refractivity contribution >= 4 is 15.9 Å². The number of carbonyl (C=O) groups excluding carboxylic acids is 1. The highest BCUT2D eigenvalue weighted by Gasteiger charge is 2.24. The second-order valence-corrected chi connectivity index (χ2v) is 4.53. The van der Waals surface area contributed by atoms with E-state index < -0.39 is 21.7 Å². The normalized spacial score (nSPS) is 20.1. The van der Waals surface area contributed by atoms with E-state index in [2.05, 4.69) is 0 Å². The maximum absolute atomic E-state index is 11.2. The van der Waals surface area contributed by atoms with Crippen LogP contribution in [0.4, 0.5) is 0 Å². The number of ketones is 1. The molecule has 1 N–H and O–H groups in total. The molecule has 1 fully saturated rings. The Morgan fingerprint density at radius 3 is 2.38 bits per heavy atom. The van der Waals surface area contributed by atoms with Crippen molar-refractivity contribution in [1.82, 2.24) is 0 Å². The summed E-state index contributed by atoms with van der Waals surface area (Å²) in [5.41, 5.74) is 0. The molecule has 0 aromatic heterocycles. The smallest absolute Gasteiger partial charge is 0.272 e. The lowest BCUT2D eigenvalue weighted by molar-refractivity contribution is -0.123. The van der Waals surface area contributed by atoms with Gasteiger partial charge in [0.25, 0.3) is 10.1 Å².